The van der Waals surface area contributed by atoms with Gasteiger partial charge in [-0.2, -0.15) is 0 Å². The average molecular weight is 461 g/mol. The van der Waals surface area contributed by atoms with Gasteiger partial charge in [0.05, 0.1) is 6.04 Å². The summed E-state index contributed by atoms with van der Waals surface area (Å²) < 4.78 is 0. The zero-order valence-electron chi connectivity index (χ0n) is 18.2. The summed E-state index contributed by atoms with van der Waals surface area (Å²) in [6, 6.07) is -3.15. The van der Waals surface area contributed by atoms with Gasteiger partial charge in [-0.1, -0.05) is 0 Å². The fourth-order valence-electron chi connectivity index (χ4n) is 2.77. The Morgan fingerprint density at radius 3 is 1.66 bits per heavy atom. The number of nitrogens with two attached hydrogens (primary N) is 3. The van der Waals surface area contributed by atoms with Crippen LogP contribution in [0.25, 0.3) is 0 Å². The van der Waals surface area contributed by atoms with Crippen molar-refractivity contribution in [3.05, 3.63) is 0 Å². The van der Waals surface area contributed by atoms with Crippen molar-refractivity contribution < 1.29 is 34.2 Å². The van der Waals surface area contributed by atoms with E-state index in [1.165, 1.54) is 0 Å². The van der Waals surface area contributed by atoms with Gasteiger partial charge in [0, 0.05) is 6.42 Å². The molecule has 13 heteroatoms. The van der Waals surface area contributed by atoms with Crippen molar-refractivity contribution in [1.82, 2.24) is 16.0 Å². The second-order valence-electron chi connectivity index (χ2n) is 7.34. The van der Waals surface area contributed by atoms with Crippen LogP contribution < -0.4 is 33.2 Å². The van der Waals surface area contributed by atoms with Gasteiger partial charge in [0.15, 0.2) is 0 Å². The van der Waals surface area contributed by atoms with Crippen molar-refractivity contribution in [2.24, 2.45) is 17.2 Å². The predicted molar refractivity (Wildman–Crippen MR) is 115 cm³/mol. The number of unbranched alkanes of at least 4 members (excludes halogenated alkanes) is 2. The lowest BCUT2D eigenvalue weighted by Gasteiger charge is -2.24. The second kappa shape index (κ2) is 16.9. The minimum absolute atomic E-state index is 0.0996. The van der Waals surface area contributed by atoms with E-state index in [0.717, 1.165) is 0 Å². The molecule has 0 aliphatic rings. The summed E-state index contributed by atoms with van der Waals surface area (Å²) in [5.74, 6) is -4.31. The number of nitrogens with one attached hydrogen (secondary N) is 3. The molecule has 0 aromatic carbocycles. The maximum Gasteiger partial charge on any atom is 0.322 e. The van der Waals surface area contributed by atoms with Crippen LogP contribution in [0.1, 0.15) is 51.4 Å². The lowest BCUT2D eigenvalue weighted by atomic mass is 10.0. The van der Waals surface area contributed by atoms with Gasteiger partial charge in [-0.15, -0.1) is 0 Å². The molecule has 0 spiro atoms. The predicted octanol–water partition coefficient (Wildman–Crippen LogP) is -2.39. The van der Waals surface area contributed by atoms with Crippen LogP contribution in [0.4, 0.5) is 0 Å². The van der Waals surface area contributed by atoms with Crippen molar-refractivity contribution in [3.8, 4) is 0 Å². The highest BCUT2D eigenvalue weighted by atomic mass is 16.4. The Labute approximate surface area is 186 Å². The molecule has 0 aromatic heterocycles. The molecule has 11 N–H and O–H groups in total. The Hall–Kier alpha value is -2.77. The maximum absolute atomic E-state index is 12.8. The fourth-order valence-corrected chi connectivity index (χ4v) is 2.77. The zero-order chi connectivity index (χ0) is 24.5. The molecule has 0 radical (unpaired) electrons. The lowest BCUT2D eigenvalue weighted by molar-refractivity contribution is -0.139. The van der Waals surface area contributed by atoms with Gasteiger partial charge in [0.2, 0.25) is 17.7 Å². The van der Waals surface area contributed by atoms with Gasteiger partial charge < -0.3 is 43.4 Å². The van der Waals surface area contributed by atoms with Crippen LogP contribution in [-0.2, 0) is 24.0 Å². The summed E-state index contributed by atoms with van der Waals surface area (Å²) in [7, 11) is 0. The van der Waals surface area contributed by atoms with Crippen molar-refractivity contribution >= 4 is 29.7 Å². The minimum atomic E-state index is -1.23. The van der Waals surface area contributed by atoms with E-state index in [0.29, 0.717) is 38.8 Å². The Balaban J connectivity index is 5.21. The van der Waals surface area contributed by atoms with E-state index in [1.807, 2.05) is 0 Å². The van der Waals surface area contributed by atoms with Gasteiger partial charge in [0.1, 0.15) is 18.6 Å². The summed E-state index contributed by atoms with van der Waals surface area (Å²) >= 11 is 0. The second-order valence-corrected chi connectivity index (χ2v) is 7.34. The van der Waals surface area contributed by atoms with Gasteiger partial charge in [-0.3, -0.25) is 24.0 Å². The van der Waals surface area contributed by atoms with Crippen molar-refractivity contribution in [2.75, 3.05) is 19.6 Å². The molecule has 0 saturated carbocycles. The summed E-state index contributed by atoms with van der Waals surface area (Å²) in [5, 5.41) is 24.8. The third-order valence-electron chi connectivity index (χ3n) is 4.58. The van der Waals surface area contributed by atoms with Crippen molar-refractivity contribution in [1.29, 1.82) is 0 Å². The van der Waals surface area contributed by atoms with E-state index in [9.17, 15) is 24.0 Å². The molecule has 0 heterocycles. The van der Waals surface area contributed by atoms with E-state index >= 15 is 0 Å². The molecule has 0 saturated heterocycles. The highest BCUT2D eigenvalue weighted by molar-refractivity contribution is 5.93. The van der Waals surface area contributed by atoms with E-state index in [-0.39, 0.29) is 25.7 Å². The lowest BCUT2D eigenvalue weighted by Crippen LogP contribution is -2.56. The Bertz CT molecular complexity index is 631. The topological polar surface area (TPSA) is 240 Å². The van der Waals surface area contributed by atoms with E-state index < -0.39 is 54.3 Å². The number of amides is 3. The maximum atomic E-state index is 12.8. The number of aliphatic carboxylic acids is 2. The number of carbonyl (C=O) groups excluding carboxylic acids is 3. The van der Waals surface area contributed by atoms with Crippen LogP contribution in [0.15, 0.2) is 0 Å². The number of carbonyl (C=O) groups is 5. The first-order chi connectivity index (χ1) is 15.1. The molecule has 32 heavy (non-hydrogen) atoms. The van der Waals surface area contributed by atoms with Crippen LogP contribution in [0.3, 0.4) is 0 Å². The molecular weight excluding hydrogens is 424 g/mol. The molecule has 0 unspecified atom stereocenters. The monoisotopic (exact) mass is 460 g/mol. The Morgan fingerprint density at radius 2 is 1.19 bits per heavy atom. The fraction of sp³-hybridized carbons (Fsp3) is 0.737. The standard InChI is InChI=1S/C19H36N6O7/c20-9-3-1-5-13(18(31)23-11-16(28)29)25-19(32)14(6-2-4-10-21)24-17(30)12(22)7-8-15(26)27/h12-14H,1-11,20-22H2,(H,23,31)(H,24,30)(H,25,32)(H,26,27)(H,28,29)/t12-,13-,14-/m0/s1. The largest absolute Gasteiger partial charge is 0.481 e. The van der Waals surface area contributed by atoms with Gasteiger partial charge >= 0.3 is 11.9 Å². The third-order valence-corrected chi connectivity index (χ3v) is 4.58. The number of carboxylic acid groups (broad SMARTS) is 2. The zero-order valence-corrected chi connectivity index (χ0v) is 18.2. The van der Waals surface area contributed by atoms with Crippen LogP contribution in [-0.4, -0.2) is 77.6 Å². The summed E-state index contributed by atoms with van der Waals surface area (Å²) in [5.41, 5.74) is 16.6. The van der Waals surface area contributed by atoms with Gasteiger partial charge in [-0.25, -0.2) is 0 Å². The molecule has 13 nitrogen and oxygen atoms in total. The molecule has 0 aromatic rings. The highest BCUT2D eigenvalue weighted by Gasteiger charge is 2.28. The van der Waals surface area contributed by atoms with Crippen LogP contribution in [0, 0.1) is 0 Å². The first-order valence-electron chi connectivity index (χ1n) is 10.6. The van der Waals surface area contributed by atoms with Crippen LogP contribution >= 0.6 is 0 Å². The molecule has 184 valence electrons. The molecule has 0 aliphatic heterocycles. The SMILES string of the molecule is NCCCC[C@H](NC(=O)[C@H](CCCCN)NC(=O)[C@@H](N)CCC(=O)O)C(=O)NCC(=O)O. The Kier molecular flexibility index (Phi) is 15.4. The average Bonchev–Trinajstić information content (AvgIpc) is 2.74. The van der Waals surface area contributed by atoms with E-state index in [1.54, 1.807) is 0 Å². The molecule has 0 rings (SSSR count). The summed E-state index contributed by atoms with van der Waals surface area (Å²) in [6.45, 7) is 0.181. The molecule has 3 amide bonds. The number of rotatable bonds is 18. The number of carboxylic acids is 2. The first kappa shape index (κ1) is 29.2. The van der Waals surface area contributed by atoms with Crippen molar-refractivity contribution in [2.45, 2.75) is 69.5 Å². The van der Waals surface area contributed by atoms with Gasteiger partial charge in [0.25, 0.3) is 0 Å². The minimum Gasteiger partial charge on any atom is -0.481 e. The normalized spacial score (nSPS) is 13.5. The van der Waals surface area contributed by atoms with E-state index in [4.69, 9.17) is 27.4 Å². The quantitative estimate of drug-likeness (QED) is 0.101. The number of hydrogen-bond donors (Lipinski definition) is 8. The van der Waals surface area contributed by atoms with E-state index in [2.05, 4.69) is 16.0 Å². The van der Waals surface area contributed by atoms with Crippen LogP contribution in [0.2, 0.25) is 0 Å². The highest BCUT2D eigenvalue weighted by Crippen LogP contribution is 2.06. The molecule has 3 atom stereocenters. The molecule has 0 aliphatic carbocycles. The number of hydrogen-bond acceptors (Lipinski definition) is 8. The van der Waals surface area contributed by atoms with Gasteiger partial charge in [-0.05, 0) is 58.0 Å². The Morgan fingerprint density at radius 1 is 0.688 bits per heavy atom. The summed E-state index contributed by atoms with van der Waals surface area (Å²) in [4.78, 5) is 58.9. The smallest absolute Gasteiger partial charge is 0.322 e. The first-order valence-corrected chi connectivity index (χ1v) is 10.6. The molecule has 0 fully saturated rings. The van der Waals surface area contributed by atoms with Crippen LogP contribution in [0.5, 0.6) is 0 Å². The third kappa shape index (κ3) is 13.5. The van der Waals surface area contributed by atoms with Crippen molar-refractivity contribution in [3.63, 3.8) is 0 Å². The molecule has 0 bridgehead atoms. The molecular formula is C19H36N6O7. The summed E-state index contributed by atoms with van der Waals surface area (Å²) in [6.07, 6.45) is 2.30.